The van der Waals surface area contributed by atoms with E-state index in [0.29, 0.717) is 41.8 Å². The van der Waals surface area contributed by atoms with Crippen molar-refractivity contribution in [1.82, 2.24) is 24.0 Å². The van der Waals surface area contributed by atoms with Crippen LogP contribution in [0, 0.1) is 5.82 Å². The van der Waals surface area contributed by atoms with Gasteiger partial charge in [-0.05, 0) is 60.2 Å². The standard InChI is InChI=1S/C32H33F2N5O2/c33-12-1-2-13-38-29-10-8-26(34)20-28(29)36-31(38)22-39-30-19-25(7-9-27(30)35-21-32(39)40)24-5-3-23(4-6-24)11-14-37-15-17-41-18-16-37/h3-10,19-21H,1-2,11-18,22H2. The molecule has 6 rings (SSSR count). The highest BCUT2D eigenvalue weighted by Crippen LogP contribution is 2.25. The summed E-state index contributed by atoms with van der Waals surface area (Å²) in [6.07, 6.45) is 3.34. The van der Waals surface area contributed by atoms with E-state index in [9.17, 15) is 13.6 Å². The van der Waals surface area contributed by atoms with Crippen LogP contribution in [0.2, 0.25) is 0 Å². The molecule has 0 N–H and O–H groups in total. The Labute approximate surface area is 237 Å². The monoisotopic (exact) mass is 557 g/mol. The van der Waals surface area contributed by atoms with Crippen molar-refractivity contribution >= 4 is 22.1 Å². The number of unbranched alkanes of at least 4 members (excludes halogenated alkanes) is 1. The average molecular weight is 558 g/mol. The molecule has 0 radical (unpaired) electrons. The van der Waals surface area contributed by atoms with Gasteiger partial charge in [-0.25, -0.2) is 14.4 Å². The van der Waals surface area contributed by atoms with Gasteiger partial charge in [0.25, 0.3) is 5.56 Å². The number of aryl methyl sites for hydroxylation is 1. The lowest BCUT2D eigenvalue weighted by atomic mass is 10.0. The second-order valence-corrected chi connectivity index (χ2v) is 10.5. The van der Waals surface area contributed by atoms with Crippen LogP contribution in [0.15, 0.2) is 71.7 Å². The summed E-state index contributed by atoms with van der Waals surface area (Å²) in [5.74, 6) is 0.245. The molecule has 9 heteroatoms. The number of ether oxygens (including phenoxy) is 1. The third-order valence-electron chi connectivity index (χ3n) is 7.81. The SMILES string of the molecule is O=c1cnc2ccc(-c3ccc(CCN4CCOCC4)cc3)cc2n1Cc1nc2cc(F)ccc2n1CCCCF. The summed E-state index contributed by atoms with van der Waals surface area (Å²) in [4.78, 5) is 24.6. The molecule has 0 aliphatic carbocycles. The Balaban J connectivity index is 1.30. The average Bonchev–Trinajstić information content (AvgIpc) is 3.34. The van der Waals surface area contributed by atoms with Crippen molar-refractivity contribution in [2.45, 2.75) is 32.4 Å². The molecule has 1 aliphatic rings. The van der Waals surface area contributed by atoms with Crippen molar-refractivity contribution in [1.29, 1.82) is 0 Å². The maximum atomic E-state index is 14.0. The van der Waals surface area contributed by atoms with Gasteiger partial charge >= 0.3 is 0 Å². The van der Waals surface area contributed by atoms with Crippen molar-refractivity contribution < 1.29 is 13.5 Å². The molecule has 0 atom stereocenters. The van der Waals surface area contributed by atoms with Crippen LogP contribution < -0.4 is 5.56 Å². The van der Waals surface area contributed by atoms with E-state index in [2.05, 4.69) is 39.1 Å². The number of rotatable bonds is 10. The molecule has 3 heterocycles. The summed E-state index contributed by atoms with van der Waals surface area (Å²) in [6.45, 7) is 4.90. The summed E-state index contributed by atoms with van der Waals surface area (Å²) < 4.78 is 35.9. The maximum absolute atomic E-state index is 14.0. The minimum absolute atomic E-state index is 0.188. The lowest BCUT2D eigenvalue weighted by molar-refractivity contribution is 0.0384. The van der Waals surface area contributed by atoms with Gasteiger partial charge in [0.1, 0.15) is 11.6 Å². The summed E-state index contributed by atoms with van der Waals surface area (Å²) in [5.41, 5.74) is 5.74. The van der Waals surface area contributed by atoms with Gasteiger partial charge in [0.05, 0.1) is 54.7 Å². The van der Waals surface area contributed by atoms with Crippen LogP contribution in [-0.2, 0) is 24.2 Å². The van der Waals surface area contributed by atoms with Crippen molar-refractivity contribution in [3.05, 3.63) is 94.4 Å². The molecule has 1 aliphatic heterocycles. The first-order valence-electron chi connectivity index (χ1n) is 14.2. The van der Waals surface area contributed by atoms with Gasteiger partial charge < -0.3 is 9.30 Å². The number of hydrogen-bond acceptors (Lipinski definition) is 5. The van der Waals surface area contributed by atoms with Crippen LogP contribution in [0.1, 0.15) is 24.2 Å². The molecule has 7 nitrogen and oxygen atoms in total. The van der Waals surface area contributed by atoms with Crippen LogP contribution >= 0.6 is 0 Å². The van der Waals surface area contributed by atoms with Gasteiger partial charge in [-0.1, -0.05) is 30.3 Å². The zero-order chi connectivity index (χ0) is 28.2. The first-order valence-corrected chi connectivity index (χ1v) is 14.2. The summed E-state index contributed by atoms with van der Waals surface area (Å²) >= 11 is 0. The third-order valence-corrected chi connectivity index (χ3v) is 7.81. The molecule has 0 spiro atoms. The van der Waals surface area contributed by atoms with Crippen molar-refractivity contribution in [2.75, 3.05) is 39.5 Å². The largest absolute Gasteiger partial charge is 0.379 e. The first kappa shape index (κ1) is 27.2. The smallest absolute Gasteiger partial charge is 0.269 e. The number of morpholine rings is 1. The van der Waals surface area contributed by atoms with E-state index in [0.717, 1.165) is 55.9 Å². The molecule has 1 saturated heterocycles. The number of aromatic nitrogens is 4. The highest BCUT2D eigenvalue weighted by atomic mass is 19.1. The molecule has 41 heavy (non-hydrogen) atoms. The Morgan fingerprint density at radius 2 is 1.63 bits per heavy atom. The Hall–Kier alpha value is -3.95. The molecule has 1 fully saturated rings. The fourth-order valence-corrected chi connectivity index (χ4v) is 5.51. The Kier molecular flexibility index (Phi) is 8.16. The van der Waals surface area contributed by atoms with E-state index >= 15 is 0 Å². The zero-order valence-corrected chi connectivity index (χ0v) is 22.9. The Morgan fingerprint density at radius 3 is 2.44 bits per heavy atom. The normalized spacial score (nSPS) is 14.3. The highest BCUT2D eigenvalue weighted by Gasteiger charge is 2.15. The van der Waals surface area contributed by atoms with Crippen molar-refractivity contribution in [3.63, 3.8) is 0 Å². The number of nitrogens with zero attached hydrogens (tertiary/aromatic N) is 5. The molecule has 0 unspecified atom stereocenters. The second kappa shape index (κ2) is 12.3. The second-order valence-electron chi connectivity index (χ2n) is 10.5. The van der Waals surface area contributed by atoms with Crippen LogP contribution in [0.4, 0.5) is 8.78 Å². The topological polar surface area (TPSA) is 65.2 Å². The predicted molar refractivity (Wildman–Crippen MR) is 156 cm³/mol. The number of alkyl halides is 1. The lowest BCUT2D eigenvalue weighted by Gasteiger charge is -2.26. The Bertz CT molecular complexity index is 1710. The lowest BCUT2D eigenvalue weighted by Crippen LogP contribution is -2.37. The zero-order valence-electron chi connectivity index (χ0n) is 22.9. The summed E-state index contributed by atoms with van der Waals surface area (Å²) in [5, 5.41) is 0. The van der Waals surface area contributed by atoms with E-state index < -0.39 is 6.67 Å². The van der Waals surface area contributed by atoms with E-state index in [1.54, 1.807) is 10.6 Å². The Morgan fingerprint density at radius 1 is 0.829 bits per heavy atom. The molecule has 212 valence electrons. The van der Waals surface area contributed by atoms with Crippen molar-refractivity contribution in [3.8, 4) is 11.1 Å². The van der Waals surface area contributed by atoms with Crippen LogP contribution in [0.3, 0.4) is 0 Å². The van der Waals surface area contributed by atoms with Gasteiger partial charge in [-0.2, -0.15) is 0 Å². The highest BCUT2D eigenvalue weighted by molar-refractivity contribution is 5.82. The molecule has 5 aromatic rings. The van der Waals surface area contributed by atoms with Crippen molar-refractivity contribution in [2.24, 2.45) is 0 Å². The first-order chi connectivity index (χ1) is 20.1. The molecule has 0 bridgehead atoms. The maximum Gasteiger partial charge on any atom is 0.269 e. The number of fused-ring (bicyclic) bond motifs is 2. The van der Waals surface area contributed by atoms with Crippen LogP contribution in [0.25, 0.3) is 33.2 Å². The molecule has 2 aromatic heterocycles. The van der Waals surface area contributed by atoms with Gasteiger partial charge in [0.2, 0.25) is 0 Å². The van der Waals surface area contributed by atoms with Gasteiger partial charge in [-0.15, -0.1) is 0 Å². The predicted octanol–water partition coefficient (Wildman–Crippen LogP) is 5.23. The molecule has 0 amide bonds. The minimum atomic E-state index is -0.400. The van der Waals surface area contributed by atoms with E-state index in [-0.39, 0.29) is 17.9 Å². The third kappa shape index (κ3) is 6.06. The summed E-state index contributed by atoms with van der Waals surface area (Å²) in [6, 6.07) is 19.0. The quantitative estimate of drug-likeness (QED) is 0.220. The number of benzene rings is 3. The molecule has 3 aromatic carbocycles. The van der Waals surface area contributed by atoms with Crippen LogP contribution in [-0.4, -0.2) is 63.5 Å². The van der Waals surface area contributed by atoms with Gasteiger partial charge in [0, 0.05) is 32.2 Å². The molecular weight excluding hydrogens is 524 g/mol. The number of halogens is 2. The molecular formula is C32H33F2N5O2. The molecule has 0 saturated carbocycles. The fraction of sp³-hybridized carbons (Fsp3) is 0.344. The summed E-state index contributed by atoms with van der Waals surface area (Å²) in [7, 11) is 0. The van der Waals surface area contributed by atoms with E-state index in [4.69, 9.17) is 4.74 Å². The van der Waals surface area contributed by atoms with Gasteiger partial charge in [-0.3, -0.25) is 18.7 Å². The van der Waals surface area contributed by atoms with Crippen LogP contribution in [0.5, 0.6) is 0 Å². The number of hydrogen-bond donors (Lipinski definition) is 0. The minimum Gasteiger partial charge on any atom is -0.379 e. The van der Waals surface area contributed by atoms with Gasteiger partial charge in [0.15, 0.2) is 0 Å². The number of imidazole rings is 1. The van der Waals surface area contributed by atoms with E-state index in [1.165, 1.54) is 23.9 Å². The van der Waals surface area contributed by atoms with E-state index in [1.807, 2.05) is 22.8 Å². The fourth-order valence-electron chi connectivity index (χ4n) is 5.51.